The second-order valence-corrected chi connectivity index (χ2v) is 6.50. The molecule has 0 radical (unpaired) electrons. The van der Waals surface area contributed by atoms with Crippen molar-refractivity contribution >= 4 is 34.9 Å². The number of rotatable bonds is 6. The van der Waals surface area contributed by atoms with Crippen LogP contribution in [0.2, 0.25) is 0 Å². The summed E-state index contributed by atoms with van der Waals surface area (Å²) in [7, 11) is 0. The van der Waals surface area contributed by atoms with Gasteiger partial charge < -0.3 is 15.2 Å². The summed E-state index contributed by atoms with van der Waals surface area (Å²) in [6, 6.07) is 22.6. The van der Waals surface area contributed by atoms with E-state index in [-0.39, 0.29) is 16.6 Å². The third-order valence-corrected chi connectivity index (χ3v) is 4.17. The van der Waals surface area contributed by atoms with Gasteiger partial charge in [-0.3, -0.25) is 10.1 Å². The van der Waals surface area contributed by atoms with Gasteiger partial charge in [-0.1, -0.05) is 36.4 Å². The van der Waals surface area contributed by atoms with Gasteiger partial charge >= 0.3 is 5.97 Å². The number of aromatic carboxylic acids is 1. The number of hydrogen-bond donors (Lipinski definition) is 3. The summed E-state index contributed by atoms with van der Waals surface area (Å²) in [5, 5.41) is 14.5. The van der Waals surface area contributed by atoms with Crippen molar-refractivity contribution in [3.05, 3.63) is 95.6 Å². The number of carbonyl (C=O) groups is 2. The van der Waals surface area contributed by atoms with Crippen LogP contribution in [0.1, 0.15) is 26.3 Å². The van der Waals surface area contributed by atoms with E-state index in [1.807, 2.05) is 30.3 Å². The minimum Gasteiger partial charge on any atom is -0.489 e. The average Bonchev–Trinajstić information content (AvgIpc) is 2.73. The maximum absolute atomic E-state index is 12.4. The number of nitrogens with one attached hydrogen (secondary N) is 2. The van der Waals surface area contributed by atoms with Crippen LogP contribution in [0.25, 0.3) is 0 Å². The molecule has 6 nitrogen and oxygen atoms in total. The summed E-state index contributed by atoms with van der Waals surface area (Å²) in [6.45, 7) is 0.401. The molecule has 3 rings (SSSR count). The molecule has 0 heterocycles. The average molecular weight is 406 g/mol. The van der Waals surface area contributed by atoms with E-state index in [0.29, 0.717) is 23.6 Å². The van der Waals surface area contributed by atoms with Crippen LogP contribution in [-0.2, 0) is 6.61 Å². The molecule has 0 saturated carbocycles. The summed E-state index contributed by atoms with van der Waals surface area (Å²) in [6.07, 6.45) is 0. The van der Waals surface area contributed by atoms with Crippen molar-refractivity contribution in [1.82, 2.24) is 5.32 Å². The first kappa shape index (κ1) is 20.0. The Kier molecular flexibility index (Phi) is 6.55. The number of benzene rings is 3. The lowest BCUT2D eigenvalue weighted by Gasteiger charge is -2.11. The molecule has 0 atom stereocenters. The van der Waals surface area contributed by atoms with E-state index in [1.54, 1.807) is 36.4 Å². The van der Waals surface area contributed by atoms with Crippen LogP contribution in [0.4, 0.5) is 5.69 Å². The quantitative estimate of drug-likeness (QED) is 0.535. The Hall–Kier alpha value is -3.71. The van der Waals surface area contributed by atoms with E-state index in [2.05, 4.69) is 10.6 Å². The normalized spacial score (nSPS) is 10.1. The van der Waals surface area contributed by atoms with Crippen molar-refractivity contribution in [2.24, 2.45) is 0 Å². The summed E-state index contributed by atoms with van der Waals surface area (Å²) in [5.41, 5.74) is 2.17. The molecule has 0 fully saturated rings. The number of hydrogen-bond acceptors (Lipinski definition) is 4. The molecule has 29 heavy (non-hydrogen) atoms. The van der Waals surface area contributed by atoms with Crippen LogP contribution in [0.15, 0.2) is 78.9 Å². The van der Waals surface area contributed by atoms with Gasteiger partial charge in [0.15, 0.2) is 5.11 Å². The lowest BCUT2D eigenvalue weighted by Crippen LogP contribution is -2.34. The molecule has 3 N–H and O–H groups in total. The molecule has 0 unspecified atom stereocenters. The van der Waals surface area contributed by atoms with Crippen molar-refractivity contribution in [3.8, 4) is 5.75 Å². The second kappa shape index (κ2) is 9.48. The summed E-state index contributed by atoms with van der Waals surface area (Å²) < 4.78 is 5.74. The molecule has 0 aliphatic rings. The van der Waals surface area contributed by atoms with Crippen LogP contribution in [-0.4, -0.2) is 22.1 Å². The Morgan fingerprint density at radius 2 is 1.62 bits per heavy atom. The molecule has 1 amide bonds. The fourth-order valence-electron chi connectivity index (χ4n) is 2.50. The highest BCUT2D eigenvalue weighted by molar-refractivity contribution is 7.80. The van der Waals surface area contributed by atoms with E-state index in [9.17, 15) is 9.59 Å². The van der Waals surface area contributed by atoms with E-state index < -0.39 is 5.97 Å². The number of carboxylic acids is 1. The molecular formula is C22H18N2O4S. The van der Waals surface area contributed by atoms with Gasteiger partial charge in [-0.05, 0) is 60.2 Å². The van der Waals surface area contributed by atoms with Crippen molar-refractivity contribution in [2.45, 2.75) is 6.61 Å². The van der Waals surface area contributed by atoms with Gasteiger partial charge in [-0.15, -0.1) is 0 Å². The second-order valence-electron chi connectivity index (χ2n) is 6.09. The molecule has 0 aliphatic heterocycles. The Morgan fingerprint density at radius 1 is 0.897 bits per heavy atom. The van der Waals surface area contributed by atoms with Crippen molar-refractivity contribution < 1.29 is 19.4 Å². The SMILES string of the molecule is O=C(O)c1ccc(NC(=S)NC(=O)c2cccc(OCc3ccccc3)c2)cc1. The molecule has 3 aromatic carbocycles. The van der Waals surface area contributed by atoms with Gasteiger partial charge in [0, 0.05) is 11.3 Å². The number of amides is 1. The maximum Gasteiger partial charge on any atom is 0.335 e. The maximum atomic E-state index is 12.4. The van der Waals surface area contributed by atoms with E-state index >= 15 is 0 Å². The summed E-state index contributed by atoms with van der Waals surface area (Å²) >= 11 is 5.15. The number of thiocarbonyl (C=S) groups is 1. The highest BCUT2D eigenvalue weighted by Gasteiger charge is 2.10. The molecule has 0 aliphatic carbocycles. The van der Waals surface area contributed by atoms with Gasteiger partial charge in [0.25, 0.3) is 5.91 Å². The predicted octanol–water partition coefficient (Wildman–Crippen LogP) is 4.09. The van der Waals surface area contributed by atoms with Crippen LogP contribution in [0, 0.1) is 0 Å². The highest BCUT2D eigenvalue weighted by atomic mass is 32.1. The van der Waals surface area contributed by atoms with Gasteiger partial charge in [0.1, 0.15) is 12.4 Å². The van der Waals surface area contributed by atoms with Crippen molar-refractivity contribution in [2.75, 3.05) is 5.32 Å². The Labute approximate surface area is 173 Å². The molecule has 0 aromatic heterocycles. The number of anilines is 1. The fraction of sp³-hybridized carbons (Fsp3) is 0.0455. The Bertz CT molecular complexity index is 1020. The first-order chi connectivity index (χ1) is 14.0. The third-order valence-electron chi connectivity index (χ3n) is 3.96. The molecular weight excluding hydrogens is 388 g/mol. The Balaban J connectivity index is 1.57. The molecule has 146 valence electrons. The van der Waals surface area contributed by atoms with Gasteiger partial charge in [0.05, 0.1) is 5.56 Å². The first-order valence-corrected chi connectivity index (χ1v) is 9.14. The van der Waals surface area contributed by atoms with E-state index in [0.717, 1.165) is 5.56 Å². The molecule has 0 bridgehead atoms. The summed E-state index contributed by atoms with van der Waals surface area (Å²) in [5.74, 6) is -0.818. The van der Waals surface area contributed by atoms with Crippen LogP contribution >= 0.6 is 12.2 Å². The molecule has 0 spiro atoms. The fourth-order valence-corrected chi connectivity index (χ4v) is 2.71. The van der Waals surface area contributed by atoms with Crippen molar-refractivity contribution in [1.29, 1.82) is 0 Å². The monoisotopic (exact) mass is 406 g/mol. The van der Waals surface area contributed by atoms with E-state index in [1.165, 1.54) is 12.1 Å². The zero-order chi connectivity index (χ0) is 20.6. The summed E-state index contributed by atoms with van der Waals surface area (Å²) in [4.78, 5) is 23.3. The van der Waals surface area contributed by atoms with Gasteiger partial charge in [0.2, 0.25) is 0 Å². The van der Waals surface area contributed by atoms with Crippen LogP contribution < -0.4 is 15.4 Å². The van der Waals surface area contributed by atoms with Crippen LogP contribution in [0.3, 0.4) is 0 Å². The van der Waals surface area contributed by atoms with Gasteiger partial charge in [-0.2, -0.15) is 0 Å². The van der Waals surface area contributed by atoms with Crippen molar-refractivity contribution in [3.63, 3.8) is 0 Å². The predicted molar refractivity (Wildman–Crippen MR) is 114 cm³/mol. The minimum atomic E-state index is -1.01. The van der Waals surface area contributed by atoms with E-state index in [4.69, 9.17) is 22.1 Å². The zero-order valence-corrected chi connectivity index (χ0v) is 16.1. The number of carbonyl (C=O) groups excluding carboxylic acids is 1. The molecule has 0 saturated heterocycles. The smallest absolute Gasteiger partial charge is 0.335 e. The molecule has 3 aromatic rings. The topological polar surface area (TPSA) is 87.7 Å². The molecule has 7 heteroatoms. The lowest BCUT2D eigenvalue weighted by atomic mass is 10.2. The largest absolute Gasteiger partial charge is 0.489 e. The zero-order valence-electron chi connectivity index (χ0n) is 15.3. The third kappa shape index (κ3) is 5.88. The standard InChI is InChI=1S/C22H18N2O4S/c25-20(24-22(29)23-18-11-9-16(10-12-18)21(26)27)17-7-4-8-19(13-17)28-14-15-5-2-1-3-6-15/h1-13H,14H2,(H,26,27)(H2,23,24,25,29). The van der Waals surface area contributed by atoms with Gasteiger partial charge in [-0.25, -0.2) is 4.79 Å². The van der Waals surface area contributed by atoms with Crippen LogP contribution in [0.5, 0.6) is 5.75 Å². The minimum absolute atomic E-state index is 0.105. The number of carboxylic acid groups (broad SMARTS) is 1. The lowest BCUT2D eigenvalue weighted by molar-refractivity contribution is 0.0696. The number of ether oxygens (including phenoxy) is 1. The highest BCUT2D eigenvalue weighted by Crippen LogP contribution is 2.15. The first-order valence-electron chi connectivity index (χ1n) is 8.74. The Morgan fingerprint density at radius 3 is 2.31 bits per heavy atom.